The molecule has 4 heteroatoms. The molecular formula is C5H10N2O2. The molecule has 52 valence electrons. The van der Waals surface area contributed by atoms with E-state index in [2.05, 4.69) is 0 Å². The molecule has 4 nitrogen and oxygen atoms in total. The number of piperidine rings is 1. The first-order chi connectivity index (χ1) is 4.20. The zero-order chi connectivity index (χ0) is 6.85. The van der Waals surface area contributed by atoms with Gasteiger partial charge in [-0.1, -0.05) is 0 Å². The first-order valence-corrected chi connectivity index (χ1v) is 2.92. The van der Waals surface area contributed by atoms with Crippen molar-refractivity contribution in [2.45, 2.75) is 18.9 Å². The van der Waals surface area contributed by atoms with Crippen LogP contribution < -0.4 is 0 Å². The summed E-state index contributed by atoms with van der Waals surface area (Å²) in [5, 5.41) is 25.5. The minimum absolute atomic E-state index is 0.179. The fraction of sp³-hybridized carbons (Fsp3) is 0.800. The van der Waals surface area contributed by atoms with Gasteiger partial charge in [-0.15, -0.1) is 0 Å². The van der Waals surface area contributed by atoms with Crippen molar-refractivity contribution < 1.29 is 10.3 Å². The van der Waals surface area contributed by atoms with E-state index < -0.39 is 6.10 Å². The Labute approximate surface area is 53.2 Å². The van der Waals surface area contributed by atoms with Crippen LogP contribution in [0.1, 0.15) is 12.8 Å². The van der Waals surface area contributed by atoms with Gasteiger partial charge in [0.1, 0.15) is 5.84 Å². The average molecular weight is 130 g/mol. The van der Waals surface area contributed by atoms with Gasteiger partial charge in [0, 0.05) is 6.42 Å². The summed E-state index contributed by atoms with van der Waals surface area (Å²) in [6, 6.07) is 0. The molecule has 0 unspecified atom stereocenters. The minimum Gasteiger partial charge on any atom is -0.391 e. The van der Waals surface area contributed by atoms with Crippen LogP contribution in [0, 0.1) is 5.41 Å². The van der Waals surface area contributed by atoms with Gasteiger partial charge in [0.15, 0.2) is 0 Å². The third-order valence-electron chi connectivity index (χ3n) is 1.41. The normalized spacial score (nSPS) is 28.9. The molecule has 1 rings (SSSR count). The van der Waals surface area contributed by atoms with Crippen LogP contribution in [0.2, 0.25) is 0 Å². The number of nitrogens with one attached hydrogen (secondary N) is 1. The van der Waals surface area contributed by atoms with Crippen LogP contribution in [-0.4, -0.2) is 33.9 Å². The van der Waals surface area contributed by atoms with Gasteiger partial charge in [-0.3, -0.25) is 10.6 Å². The lowest BCUT2D eigenvalue weighted by Gasteiger charge is -2.26. The van der Waals surface area contributed by atoms with Gasteiger partial charge in [-0.2, -0.15) is 0 Å². The Hall–Kier alpha value is -0.610. The Bertz CT molecular complexity index is 126. The van der Waals surface area contributed by atoms with Crippen molar-refractivity contribution in [2.75, 3.05) is 6.54 Å². The predicted octanol–water partition coefficient (Wildman–Crippen LogP) is -0.190. The Morgan fingerprint density at radius 3 is 2.78 bits per heavy atom. The number of hydrogen-bond donors (Lipinski definition) is 3. The highest BCUT2D eigenvalue weighted by Gasteiger charge is 2.19. The highest BCUT2D eigenvalue weighted by Crippen LogP contribution is 2.08. The summed E-state index contributed by atoms with van der Waals surface area (Å²) in [5.74, 6) is 0.195. The smallest absolute Gasteiger partial charge is 0.121 e. The van der Waals surface area contributed by atoms with E-state index in [9.17, 15) is 0 Å². The molecule has 0 aromatic heterocycles. The van der Waals surface area contributed by atoms with Gasteiger partial charge in [-0.25, -0.2) is 5.06 Å². The van der Waals surface area contributed by atoms with Crippen molar-refractivity contribution in [3.05, 3.63) is 0 Å². The monoisotopic (exact) mass is 130 g/mol. The van der Waals surface area contributed by atoms with Crippen LogP contribution in [0.25, 0.3) is 0 Å². The molecule has 1 heterocycles. The SMILES string of the molecule is N=C1CC[C@@H](O)CN1O. The molecule has 1 saturated heterocycles. The molecule has 0 saturated carbocycles. The molecule has 0 aromatic carbocycles. The van der Waals surface area contributed by atoms with Gasteiger partial charge in [0.05, 0.1) is 12.6 Å². The van der Waals surface area contributed by atoms with Gasteiger partial charge in [0.2, 0.25) is 0 Å². The molecule has 0 aromatic rings. The lowest BCUT2D eigenvalue weighted by molar-refractivity contribution is -0.0613. The number of aliphatic hydroxyl groups is 1. The fourth-order valence-corrected chi connectivity index (χ4v) is 0.833. The summed E-state index contributed by atoms with van der Waals surface area (Å²) in [4.78, 5) is 0. The summed E-state index contributed by atoms with van der Waals surface area (Å²) >= 11 is 0. The molecule has 0 spiro atoms. The molecule has 1 aliphatic heterocycles. The maximum atomic E-state index is 8.90. The zero-order valence-corrected chi connectivity index (χ0v) is 5.04. The lowest BCUT2D eigenvalue weighted by atomic mass is 10.1. The number of β-amino-alcohol motifs (C(OH)–C–C–N with tert-alkyl or cyclic N) is 1. The van der Waals surface area contributed by atoms with Gasteiger partial charge in [-0.05, 0) is 6.42 Å². The zero-order valence-electron chi connectivity index (χ0n) is 5.04. The van der Waals surface area contributed by atoms with E-state index in [0.29, 0.717) is 12.8 Å². The minimum atomic E-state index is -0.468. The van der Waals surface area contributed by atoms with E-state index in [4.69, 9.17) is 15.7 Å². The van der Waals surface area contributed by atoms with E-state index in [0.717, 1.165) is 5.06 Å². The molecule has 0 radical (unpaired) electrons. The topological polar surface area (TPSA) is 67.5 Å². The Kier molecular flexibility index (Phi) is 1.68. The van der Waals surface area contributed by atoms with Crippen LogP contribution in [0.5, 0.6) is 0 Å². The Balaban J connectivity index is 2.44. The quantitative estimate of drug-likeness (QED) is 0.425. The van der Waals surface area contributed by atoms with Crippen molar-refractivity contribution in [3.63, 3.8) is 0 Å². The summed E-state index contributed by atoms with van der Waals surface area (Å²) in [5.41, 5.74) is 0. The molecule has 0 bridgehead atoms. The third kappa shape index (κ3) is 1.40. The Morgan fingerprint density at radius 1 is 1.67 bits per heavy atom. The summed E-state index contributed by atoms with van der Waals surface area (Å²) < 4.78 is 0. The second-order valence-electron chi connectivity index (χ2n) is 2.22. The standard InChI is InChI=1S/C5H10N2O2/c6-5-2-1-4(8)3-7(5)9/h4,6,8-9H,1-3H2/t4-/m1/s1. The summed E-state index contributed by atoms with van der Waals surface area (Å²) in [6.45, 7) is 0.179. The van der Waals surface area contributed by atoms with Crippen molar-refractivity contribution in [3.8, 4) is 0 Å². The maximum Gasteiger partial charge on any atom is 0.121 e. The summed E-state index contributed by atoms with van der Waals surface area (Å²) in [6.07, 6.45) is 0.595. The van der Waals surface area contributed by atoms with Gasteiger partial charge < -0.3 is 5.11 Å². The molecule has 1 fully saturated rings. The van der Waals surface area contributed by atoms with Gasteiger partial charge >= 0.3 is 0 Å². The second-order valence-corrected chi connectivity index (χ2v) is 2.22. The fourth-order valence-electron chi connectivity index (χ4n) is 0.833. The van der Waals surface area contributed by atoms with Crippen LogP contribution in [0.15, 0.2) is 0 Å². The number of hydroxylamine groups is 2. The molecule has 1 atom stereocenters. The first kappa shape index (κ1) is 6.51. The van der Waals surface area contributed by atoms with E-state index in [1.54, 1.807) is 0 Å². The highest BCUT2D eigenvalue weighted by atomic mass is 16.5. The third-order valence-corrected chi connectivity index (χ3v) is 1.41. The van der Waals surface area contributed by atoms with Crippen molar-refractivity contribution in [2.24, 2.45) is 0 Å². The van der Waals surface area contributed by atoms with E-state index >= 15 is 0 Å². The predicted molar refractivity (Wildman–Crippen MR) is 31.5 cm³/mol. The molecule has 9 heavy (non-hydrogen) atoms. The summed E-state index contributed by atoms with van der Waals surface area (Å²) in [7, 11) is 0. The van der Waals surface area contributed by atoms with E-state index in [1.807, 2.05) is 0 Å². The van der Waals surface area contributed by atoms with Crippen LogP contribution in [0.3, 0.4) is 0 Å². The lowest BCUT2D eigenvalue weighted by Crippen LogP contribution is -2.39. The Morgan fingerprint density at radius 2 is 2.33 bits per heavy atom. The number of nitrogens with zero attached hydrogens (tertiary/aromatic N) is 1. The molecule has 1 aliphatic rings. The first-order valence-electron chi connectivity index (χ1n) is 2.92. The molecule has 3 N–H and O–H groups in total. The number of amidine groups is 1. The van der Waals surface area contributed by atoms with Crippen molar-refractivity contribution in [1.82, 2.24) is 5.06 Å². The second kappa shape index (κ2) is 2.33. The van der Waals surface area contributed by atoms with E-state index in [1.165, 1.54) is 0 Å². The van der Waals surface area contributed by atoms with Crippen LogP contribution >= 0.6 is 0 Å². The highest BCUT2D eigenvalue weighted by molar-refractivity contribution is 5.78. The van der Waals surface area contributed by atoms with Crippen molar-refractivity contribution in [1.29, 1.82) is 5.41 Å². The van der Waals surface area contributed by atoms with Crippen LogP contribution in [0.4, 0.5) is 0 Å². The molecule has 0 aliphatic carbocycles. The van der Waals surface area contributed by atoms with Gasteiger partial charge in [0.25, 0.3) is 0 Å². The number of hydrogen-bond acceptors (Lipinski definition) is 3. The van der Waals surface area contributed by atoms with Crippen LogP contribution in [-0.2, 0) is 0 Å². The van der Waals surface area contributed by atoms with Crippen molar-refractivity contribution >= 4 is 5.84 Å². The largest absolute Gasteiger partial charge is 0.391 e. The van der Waals surface area contributed by atoms with E-state index in [-0.39, 0.29) is 12.4 Å². The number of rotatable bonds is 0. The molecular weight excluding hydrogens is 120 g/mol. The molecule has 0 amide bonds. The average Bonchev–Trinajstić information content (AvgIpc) is 1.80. The number of aliphatic hydroxyl groups excluding tert-OH is 1. The maximum absolute atomic E-state index is 8.90.